The maximum atomic E-state index is 8.77. The maximum Gasteiger partial charge on any atom is 0.189 e. The van der Waals surface area contributed by atoms with Crippen molar-refractivity contribution in [2.45, 2.75) is 20.4 Å². The van der Waals surface area contributed by atoms with Gasteiger partial charge in [-0.15, -0.1) is 0 Å². The number of amidine groups is 1. The van der Waals surface area contributed by atoms with Gasteiger partial charge in [-0.1, -0.05) is 25.1 Å². The largest absolute Gasteiger partial charge is 0.409 e. The monoisotopic (exact) mass is 248 g/mol. The van der Waals surface area contributed by atoms with E-state index in [4.69, 9.17) is 10.9 Å². The summed E-state index contributed by atoms with van der Waals surface area (Å²) in [4.78, 5) is 6.58. The number of rotatable bonds is 3. The Morgan fingerprint density at radius 1 is 1.50 bits per heavy atom. The minimum absolute atomic E-state index is 0.0749. The molecule has 98 valence electrons. The Hall–Kier alpha value is -1.62. The first-order valence-electron chi connectivity index (χ1n) is 6.26. The first kappa shape index (κ1) is 12.8. The summed E-state index contributed by atoms with van der Waals surface area (Å²) in [6, 6.07) is 3.86. The molecule has 2 unspecified atom stereocenters. The van der Waals surface area contributed by atoms with E-state index in [2.05, 4.69) is 28.9 Å². The zero-order chi connectivity index (χ0) is 13.1. The molecule has 1 saturated heterocycles. The number of oxime groups is 1. The van der Waals surface area contributed by atoms with Crippen LogP contribution in [-0.2, 0) is 6.54 Å². The van der Waals surface area contributed by atoms with Gasteiger partial charge < -0.3 is 10.9 Å². The number of pyridine rings is 1. The van der Waals surface area contributed by atoms with Crippen LogP contribution in [0.15, 0.2) is 23.5 Å². The van der Waals surface area contributed by atoms with Crippen LogP contribution < -0.4 is 5.73 Å². The first-order chi connectivity index (χ1) is 8.61. The molecule has 2 atom stereocenters. The van der Waals surface area contributed by atoms with Gasteiger partial charge in [-0.3, -0.25) is 9.88 Å². The molecule has 2 heterocycles. The third kappa shape index (κ3) is 2.61. The van der Waals surface area contributed by atoms with Gasteiger partial charge in [-0.25, -0.2) is 0 Å². The lowest BCUT2D eigenvalue weighted by atomic mass is 10.0. The summed E-state index contributed by atoms with van der Waals surface area (Å²) in [5.74, 6) is 1.51. The van der Waals surface area contributed by atoms with Gasteiger partial charge in [0.15, 0.2) is 5.84 Å². The van der Waals surface area contributed by atoms with Gasteiger partial charge >= 0.3 is 0 Å². The number of aromatic nitrogens is 1. The highest BCUT2D eigenvalue weighted by molar-refractivity contribution is 5.96. The zero-order valence-electron chi connectivity index (χ0n) is 10.9. The third-order valence-corrected chi connectivity index (χ3v) is 3.70. The minimum Gasteiger partial charge on any atom is -0.409 e. The van der Waals surface area contributed by atoms with E-state index in [1.54, 1.807) is 6.20 Å². The summed E-state index contributed by atoms with van der Waals surface area (Å²) in [7, 11) is 0. The fourth-order valence-electron chi connectivity index (χ4n) is 2.46. The molecule has 1 aliphatic rings. The standard InChI is InChI=1S/C13H20N4O/c1-9-6-17(7-10(9)2)8-11-4-3-5-15-12(11)13(14)16-18/h3-5,9-10,18H,6-8H2,1-2H3,(H2,14,16). The Morgan fingerprint density at radius 3 is 2.78 bits per heavy atom. The van der Waals surface area contributed by atoms with Crippen molar-refractivity contribution in [3.8, 4) is 0 Å². The van der Waals surface area contributed by atoms with Crippen LogP contribution in [0, 0.1) is 11.8 Å². The molecule has 5 heteroatoms. The van der Waals surface area contributed by atoms with Crippen molar-refractivity contribution >= 4 is 5.84 Å². The predicted octanol–water partition coefficient (Wildman–Crippen LogP) is 1.26. The zero-order valence-corrected chi connectivity index (χ0v) is 10.9. The van der Waals surface area contributed by atoms with Gasteiger partial charge in [0.25, 0.3) is 0 Å². The van der Waals surface area contributed by atoms with Crippen molar-refractivity contribution in [2.24, 2.45) is 22.7 Å². The Morgan fingerprint density at radius 2 is 2.17 bits per heavy atom. The van der Waals surface area contributed by atoms with Gasteiger partial charge in [0.1, 0.15) is 5.69 Å². The summed E-state index contributed by atoms with van der Waals surface area (Å²) in [5, 5.41) is 11.8. The van der Waals surface area contributed by atoms with Crippen LogP contribution in [0.1, 0.15) is 25.1 Å². The number of nitrogens with zero attached hydrogens (tertiary/aromatic N) is 3. The molecule has 0 saturated carbocycles. The molecule has 3 N–H and O–H groups in total. The van der Waals surface area contributed by atoms with Crippen LogP contribution in [0.2, 0.25) is 0 Å². The molecule has 18 heavy (non-hydrogen) atoms. The van der Waals surface area contributed by atoms with Gasteiger partial charge in [-0.2, -0.15) is 0 Å². The van der Waals surface area contributed by atoms with Gasteiger partial charge in [0.2, 0.25) is 0 Å². The molecule has 0 spiro atoms. The second-order valence-corrected chi connectivity index (χ2v) is 5.15. The summed E-state index contributed by atoms with van der Waals surface area (Å²) in [5.41, 5.74) is 7.23. The number of hydrogen-bond acceptors (Lipinski definition) is 4. The van der Waals surface area contributed by atoms with Crippen molar-refractivity contribution in [2.75, 3.05) is 13.1 Å². The summed E-state index contributed by atoms with van der Waals surface area (Å²) < 4.78 is 0. The SMILES string of the molecule is CC1CN(Cc2cccnc2C(N)=NO)CC1C. The lowest BCUT2D eigenvalue weighted by Crippen LogP contribution is -2.24. The Kier molecular flexibility index (Phi) is 3.81. The molecular weight excluding hydrogens is 228 g/mol. The molecule has 1 aromatic rings. The minimum atomic E-state index is 0.0749. The fourth-order valence-corrected chi connectivity index (χ4v) is 2.46. The van der Waals surface area contributed by atoms with Crippen molar-refractivity contribution in [1.82, 2.24) is 9.88 Å². The molecule has 0 bridgehead atoms. The molecule has 1 aliphatic heterocycles. The van der Waals surface area contributed by atoms with E-state index < -0.39 is 0 Å². The van der Waals surface area contributed by atoms with Crippen molar-refractivity contribution in [1.29, 1.82) is 0 Å². The van der Waals surface area contributed by atoms with Crippen LogP contribution >= 0.6 is 0 Å². The van der Waals surface area contributed by atoms with E-state index in [1.807, 2.05) is 12.1 Å². The molecule has 0 aliphatic carbocycles. The smallest absolute Gasteiger partial charge is 0.189 e. The van der Waals surface area contributed by atoms with E-state index in [0.29, 0.717) is 17.5 Å². The Labute approximate surface area is 107 Å². The van der Waals surface area contributed by atoms with E-state index in [0.717, 1.165) is 25.2 Å². The first-order valence-corrected chi connectivity index (χ1v) is 6.26. The normalized spacial score (nSPS) is 25.6. The molecule has 5 nitrogen and oxygen atoms in total. The topological polar surface area (TPSA) is 74.7 Å². The molecule has 0 aromatic carbocycles. The average molecular weight is 248 g/mol. The van der Waals surface area contributed by atoms with Crippen molar-refractivity contribution in [3.63, 3.8) is 0 Å². The molecule has 0 radical (unpaired) electrons. The highest BCUT2D eigenvalue weighted by Gasteiger charge is 2.26. The molecule has 0 amide bonds. The van der Waals surface area contributed by atoms with Gasteiger partial charge in [0, 0.05) is 25.8 Å². The van der Waals surface area contributed by atoms with Gasteiger partial charge in [-0.05, 0) is 23.5 Å². The van der Waals surface area contributed by atoms with Crippen LogP contribution in [0.3, 0.4) is 0 Å². The van der Waals surface area contributed by atoms with E-state index in [9.17, 15) is 0 Å². The molecule has 1 fully saturated rings. The van der Waals surface area contributed by atoms with Gasteiger partial charge in [0.05, 0.1) is 0 Å². The molecule has 2 rings (SSSR count). The fraction of sp³-hybridized carbons (Fsp3) is 0.538. The van der Waals surface area contributed by atoms with E-state index in [-0.39, 0.29) is 5.84 Å². The van der Waals surface area contributed by atoms with Crippen LogP contribution in [-0.4, -0.2) is 34.0 Å². The lowest BCUT2D eigenvalue weighted by molar-refractivity contribution is 0.313. The number of likely N-dealkylation sites (tertiary alicyclic amines) is 1. The molecule has 1 aromatic heterocycles. The predicted molar refractivity (Wildman–Crippen MR) is 70.4 cm³/mol. The van der Waals surface area contributed by atoms with Crippen LogP contribution in [0.5, 0.6) is 0 Å². The average Bonchev–Trinajstić information content (AvgIpc) is 2.68. The Balaban J connectivity index is 2.15. The second-order valence-electron chi connectivity index (χ2n) is 5.15. The van der Waals surface area contributed by atoms with Crippen LogP contribution in [0.25, 0.3) is 0 Å². The number of nitrogens with two attached hydrogens (primary N) is 1. The summed E-state index contributed by atoms with van der Waals surface area (Å²) >= 11 is 0. The quantitative estimate of drug-likeness (QED) is 0.365. The molecular formula is C13H20N4O. The van der Waals surface area contributed by atoms with E-state index in [1.165, 1.54) is 0 Å². The highest BCUT2D eigenvalue weighted by atomic mass is 16.4. The van der Waals surface area contributed by atoms with Crippen LogP contribution in [0.4, 0.5) is 0 Å². The second kappa shape index (κ2) is 5.35. The highest BCUT2D eigenvalue weighted by Crippen LogP contribution is 2.24. The number of hydrogen-bond donors (Lipinski definition) is 2. The summed E-state index contributed by atoms with van der Waals surface area (Å²) in [6.45, 7) is 7.53. The summed E-state index contributed by atoms with van der Waals surface area (Å²) in [6.07, 6.45) is 1.66. The third-order valence-electron chi connectivity index (χ3n) is 3.70. The Bertz CT molecular complexity index is 436. The maximum absolute atomic E-state index is 8.77. The lowest BCUT2D eigenvalue weighted by Gasteiger charge is -2.17. The van der Waals surface area contributed by atoms with Crippen molar-refractivity contribution < 1.29 is 5.21 Å². The van der Waals surface area contributed by atoms with E-state index >= 15 is 0 Å². The van der Waals surface area contributed by atoms with Crippen molar-refractivity contribution in [3.05, 3.63) is 29.6 Å².